The van der Waals surface area contributed by atoms with Crippen LogP contribution in [0.3, 0.4) is 0 Å². The molecule has 0 fully saturated rings. The van der Waals surface area contributed by atoms with Crippen LogP contribution in [0.2, 0.25) is 0 Å². The summed E-state index contributed by atoms with van der Waals surface area (Å²) in [5.74, 6) is -0.363. The van der Waals surface area contributed by atoms with E-state index >= 15 is 0 Å². The third kappa shape index (κ3) is 2.93. The van der Waals surface area contributed by atoms with Gasteiger partial charge in [-0.1, -0.05) is 6.92 Å². The molecule has 130 valence electrons. The number of benzene rings is 1. The molecule has 4 aromatic rings. The Hall–Kier alpha value is -3.19. The summed E-state index contributed by atoms with van der Waals surface area (Å²) in [7, 11) is 0. The fraction of sp³-hybridized carbons (Fsp3) is 0.105. The fourth-order valence-electron chi connectivity index (χ4n) is 2.69. The van der Waals surface area contributed by atoms with Crippen molar-refractivity contribution >= 4 is 27.5 Å². The van der Waals surface area contributed by atoms with Crippen LogP contribution in [-0.4, -0.2) is 20.1 Å². The van der Waals surface area contributed by atoms with E-state index < -0.39 is 0 Å². The second-order valence-electron chi connectivity index (χ2n) is 5.78. The van der Waals surface area contributed by atoms with Gasteiger partial charge in [0.15, 0.2) is 0 Å². The van der Waals surface area contributed by atoms with Gasteiger partial charge in [-0.3, -0.25) is 15.0 Å². The predicted molar refractivity (Wildman–Crippen MR) is 103 cm³/mol. The summed E-state index contributed by atoms with van der Waals surface area (Å²) in [6.45, 7) is 2.03. The number of fused-ring (bicyclic) bond motifs is 1. The molecule has 0 radical (unpaired) electrons. The van der Waals surface area contributed by atoms with Crippen LogP contribution in [0, 0.1) is 0 Å². The number of hydrogen-bond donors (Lipinski definition) is 1. The number of carbonyl (C=O) groups excluding carboxylic acids is 1. The number of aromatic nitrogens is 3. The Labute approximate surface area is 153 Å². The quantitative estimate of drug-likeness (QED) is 0.605. The van der Waals surface area contributed by atoms with Crippen molar-refractivity contribution in [2.45, 2.75) is 13.3 Å². The van der Waals surface area contributed by atoms with Crippen LogP contribution in [0.1, 0.15) is 22.2 Å². The average molecular weight is 364 g/mol. The molecule has 1 N–H and O–H groups in total. The SMILES string of the molecule is CCc1cc2c(=O)n(NC(=O)c3ccc(-n4cccc4)cc3)cnc2s1. The molecule has 3 aromatic heterocycles. The Morgan fingerprint density at radius 2 is 1.92 bits per heavy atom. The van der Waals surface area contributed by atoms with E-state index in [1.54, 1.807) is 12.1 Å². The van der Waals surface area contributed by atoms with Crippen molar-refractivity contribution in [2.75, 3.05) is 5.43 Å². The molecule has 0 atom stereocenters. The van der Waals surface area contributed by atoms with Crippen LogP contribution in [0.15, 0.2) is 66.0 Å². The minimum atomic E-state index is -0.363. The van der Waals surface area contributed by atoms with Gasteiger partial charge in [0.1, 0.15) is 11.2 Å². The molecule has 0 saturated heterocycles. The van der Waals surface area contributed by atoms with Gasteiger partial charge >= 0.3 is 0 Å². The van der Waals surface area contributed by atoms with Crippen LogP contribution >= 0.6 is 11.3 Å². The molecule has 0 unspecified atom stereocenters. The standard InChI is InChI=1S/C19H16N4O2S/c1-2-15-11-16-18(26-15)20-12-23(19(16)25)21-17(24)13-5-7-14(8-6-13)22-9-3-4-10-22/h3-12H,2H2,1H3,(H,21,24). The van der Waals surface area contributed by atoms with Crippen molar-refractivity contribution in [1.82, 2.24) is 14.2 Å². The minimum Gasteiger partial charge on any atom is -0.324 e. The van der Waals surface area contributed by atoms with Gasteiger partial charge < -0.3 is 4.57 Å². The zero-order valence-corrected chi connectivity index (χ0v) is 14.9. The molecule has 7 heteroatoms. The van der Waals surface area contributed by atoms with Gasteiger partial charge in [-0.15, -0.1) is 11.3 Å². The predicted octanol–water partition coefficient (Wildman–Crippen LogP) is 3.20. The van der Waals surface area contributed by atoms with E-state index in [2.05, 4.69) is 10.4 Å². The highest BCUT2D eigenvalue weighted by Gasteiger charge is 2.11. The number of carbonyl (C=O) groups is 1. The lowest BCUT2D eigenvalue weighted by molar-refractivity contribution is 0.101. The zero-order valence-electron chi connectivity index (χ0n) is 14.0. The maximum atomic E-state index is 12.5. The van der Waals surface area contributed by atoms with Gasteiger partial charge in [0, 0.05) is 28.5 Å². The molecule has 1 amide bonds. The number of thiophene rings is 1. The summed E-state index contributed by atoms with van der Waals surface area (Å²) < 4.78 is 3.09. The first-order valence-electron chi connectivity index (χ1n) is 8.20. The molecule has 0 bridgehead atoms. The van der Waals surface area contributed by atoms with Gasteiger partial charge in [0.2, 0.25) is 0 Å². The number of amides is 1. The van der Waals surface area contributed by atoms with Crippen LogP contribution < -0.4 is 11.0 Å². The van der Waals surface area contributed by atoms with Crippen LogP contribution in [0.4, 0.5) is 0 Å². The van der Waals surface area contributed by atoms with E-state index in [0.29, 0.717) is 15.8 Å². The van der Waals surface area contributed by atoms with Crippen molar-refractivity contribution in [1.29, 1.82) is 0 Å². The highest BCUT2D eigenvalue weighted by atomic mass is 32.1. The Kier molecular flexibility index (Phi) is 4.14. The van der Waals surface area contributed by atoms with Crippen molar-refractivity contribution in [3.05, 3.63) is 82.0 Å². The molecule has 4 rings (SSSR count). The Bertz CT molecular complexity index is 1120. The molecule has 0 aliphatic rings. The van der Waals surface area contributed by atoms with Gasteiger partial charge in [-0.2, -0.15) is 0 Å². The lowest BCUT2D eigenvalue weighted by atomic mass is 10.2. The first-order chi connectivity index (χ1) is 12.7. The van der Waals surface area contributed by atoms with Gasteiger partial charge in [-0.05, 0) is 48.9 Å². The second-order valence-corrected chi connectivity index (χ2v) is 6.90. The number of aryl methyl sites for hydroxylation is 1. The molecule has 6 nitrogen and oxygen atoms in total. The highest BCUT2D eigenvalue weighted by Crippen LogP contribution is 2.20. The molecule has 0 aliphatic heterocycles. The van der Waals surface area contributed by atoms with Gasteiger partial charge in [-0.25, -0.2) is 9.66 Å². The summed E-state index contributed by atoms with van der Waals surface area (Å²) in [4.78, 5) is 31.1. The topological polar surface area (TPSA) is 68.9 Å². The first-order valence-corrected chi connectivity index (χ1v) is 9.02. The van der Waals surface area contributed by atoms with E-state index in [1.165, 1.54) is 17.7 Å². The summed E-state index contributed by atoms with van der Waals surface area (Å²) in [5.41, 5.74) is 3.75. The second kappa shape index (κ2) is 6.61. The van der Waals surface area contributed by atoms with E-state index in [9.17, 15) is 9.59 Å². The molecule has 0 aliphatic carbocycles. The Morgan fingerprint density at radius 1 is 1.19 bits per heavy atom. The fourth-order valence-corrected chi connectivity index (χ4v) is 3.62. The first kappa shape index (κ1) is 16.3. The van der Waals surface area contributed by atoms with Crippen molar-refractivity contribution in [3.8, 4) is 5.69 Å². The van der Waals surface area contributed by atoms with Crippen molar-refractivity contribution in [2.24, 2.45) is 0 Å². The molecular weight excluding hydrogens is 348 g/mol. The molecular formula is C19H16N4O2S. The smallest absolute Gasteiger partial charge is 0.280 e. The molecule has 3 heterocycles. The zero-order chi connectivity index (χ0) is 18.1. The van der Waals surface area contributed by atoms with Crippen LogP contribution in [-0.2, 0) is 6.42 Å². The molecule has 26 heavy (non-hydrogen) atoms. The average Bonchev–Trinajstić information content (AvgIpc) is 3.34. The monoisotopic (exact) mass is 364 g/mol. The summed E-state index contributed by atoms with van der Waals surface area (Å²) in [6.07, 6.45) is 6.06. The lowest BCUT2D eigenvalue weighted by Crippen LogP contribution is -2.33. The Morgan fingerprint density at radius 3 is 2.62 bits per heavy atom. The van der Waals surface area contributed by atoms with Gasteiger partial charge in [0.25, 0.3) is 11.5 Å². The molecule has 0 spiro atoms. The lowest BCUT2D eigenvalue weighted by Gasteiger charge is -2.08. The van der Waals surface area contributed by atoms with Crippen molar-refractivity contribution in [3.63, 3.8) is 0 Å². The Balaban J connectivity index is 1.59. The molecule has 0 saturated carbocycles. The highest BCUT2D eigenvalue weighted by molar-refractivity contribution is 7.18. The summed E-state index contributed by atoms with van der Waals surface area (Å²) in [6, 6.07) is 12.9. The summed E-state index contributed by atoms with van der Waals surface area (Å²) in [5, 5.41) is 0.526. The number of hydrogen-bond acceptors (Lipinski definition) is 4. The van der Waals surface area contributed by atoms with E-state index in [1.807, 2.05) is 54.2 Å². The van der Waals surface area contributed by atoms with Crippen molar-refractivity contribution < 1.29 is 4.79 Å². The largest absolute Gasteiger partial charge is 0.324 e. The third-order valence-electron chi connectivity index (χ3n) is 4.11. The van der Waals surface area contributed by atoms with Crippen LogP contribution in [0.25, 0.3) is 15.9 Å². The molecule has 1 aromatic carbocycles. The van der Waals surface area contributed by atoms with E-state index in [-0.39, 0.29) is 11.5 Å². The number of nitrogens with zero attached hydrogens (tertiary/aromatic N) is 3. The van der Waals surface area contributed by atoms with E-state index in [4.69, 9.17) is 0 Å². The summed E-state index contributed by atoms with van der Waals surface area (Å²) >= 11 is 1.50. The van der Waals surface area contributed by atoms with Crippen LogP contribution in [0.5, 0.6) is 0 Å². The normalized spacial score (nSPS) is 11.0. The number of rotatable bonds is 4. The maximum absolute atomic E-state index is 12.5. The minimum absolute atomic E-state index is 0.275. The van der Waals surface area contributed by atoms with Gasteiger partial charge in [0.05, 0.1) is 5.39 Å². The maximum Gasteiger partial charge on any atom is 0.280 e. The number of nitrogens with one attached hydrogen (secondary N) is 1. The van der Waals surface area contributed by atoms with E-state index in [0.717, 1.165) is 21.7 Å². The third-order valence-corrected chi connectivity index (χ3v) is 5.29.